The zero-order chi connectivity index (χ0) is 14.7. The molecule has 0 aromatic carbocycles. The summed E-state index contributed by atoms with van der Waals surface area (Å²) in [6, 6.07) is 6.37. The van der Waals surface area contributed by atoms with Gasteiger partial charge in [0.15, 0.2) is 0 Å². The van der Waals surface area contributed by atoms with Crippen LogP contribution in [-0.2, 0) is 0 Å². The first-order valence-corrected chi connectivity index (χ1v) is 8.33. The molecular weight excluding hydrogens is 260 g/mol. The molecule has 2 saturated heterocycles. The van der Waals surface area contributed by atoms with Gasteiger partial charge in [0.25, 0.3) is 0 Å². The quantitative estimate of drug-likeness (QED) is 0.923. The third-order valence-electron chi connectivity index (χ3n) is 5.20. The van der Waals surface area contributed by atoms with Gasteiger partial charge in [0.05, 0.1) is 0 Å². The molecule has 0 radical (unpaired) electrons. The largest absolute Gasteiger partial charge is 0.371 e. The number of aromatic nitrogens is 1. The minimum Gasteiger partial charge on any atom is -0.371 e. The Morgan fingerprint density at radius 1 is 1.05 bits per heavy atom. The lowest BCUT2D eigenvalue weighted by molar-refractivity contribution is 0.159. The maximum atomic E-state index is 4.10. The van der Waals surface area contributed by atoms with E-state index in [1.165, 1.54) is 37.9 Å². The van der Waals surface area contributed by atoms with Crippen LogP contribution < -0.4 is 10.2 Å². The molecule has 2 atom stereocenters. The van der Waals surface area contributed by atoms with Gasteiger partial charge < -0.3 is 15.1 Å². The van der Waals surface area contributed by atoms with Crippen molar-refractivity contribution < 1.29 is 0 Å². The average Bonchev–Trinajstić information content (AvgIpc) is 2.53. The average molecular weight is 288 g/mol. The Hall–Kier alpha value is -1.13. The number of rotatable bonds is 3. The van der Waals surface area contributed by atoms with E-state index >= 15 is 0 Å². The first-order valence-electron chi connectivity index (χ1n) is 8.33. The number of nitrogens with one attached hydrogen (secondary N) is 1. The lowest BCUT2D eigenvalue weighted by Gasteiger charge is -2.40. The maximum absolute atomic E-state index is 4.10. The lowest BCUT2D eigenvalue weighted by Crippen LogP contribution is -2.51. The molecule has 4 heteroatoms. The molecule has 0 saturated carbocycles. The minimum atomic E-state index is 0.698. The third-order valence-corrected chi connectivity index (χ3v) is 5.20. The predicted molar refractivity (Wildman–Crippen MR) is 87.7 cm³/mol. The number of likely N-dealkylation sites (tertiary alicyclic amines) is 1. The molecule has 0 bridgehead atoms. The van der Waals surface area contributed by atoms with Gasteiger partial charge in [-0.05, 0) is 58.3 Å². The summed E-state index contributed by atoms with van der Waals surface area (Å²) in [7, 11) is 2.24. The predicted octanol–water partition coefficient (Wildman–Crippen LogP) is 2.12. The van der Waals surface area contributed by atoms with Gasteiger partial charge in [-0.3, -0.25) is 4.98 Å². The van der Waals surface area contributed by atoms with E-state index in [1.807, 2.05) is 12.4 Å². The lowest BCUT2D eigenvalue weighted by atomic mass is 9.96. The first kappa shape index (κ1) is 14.8. The Balaban J connectivity index is 1.46. The number of anilines is 1. The molecule has 3 heterocycles. The van der Waals surface area contributed by atoms with Crippen LogP contribution in [0.3, 0.4) is 0 Å². The van der Waals surface area contributed by atoms with Crippen LogP contribution in [0.4, 0.5) is 5.69 Å². The summed E-state index contributed by atoms with van der Waals surface area (Å²) in [4.78, 5) is 9.06. The molecule has 1 aromatic heterocycles. The number of pyridine rings is 1. The molecule has 21 heavy (non-hydrogen) atoms. The fourth-order valence-electron chi connectivity index (χ4n) is 3.63. The van der Waals surface area contributed by atoms with Crippen molar-refractivity contribution in [2.24, 2.45) is 0 Å². The molecule has 1 aromatic rings. The zero-order valence-electron chi connectivity index (χ0n) is 13.3. The Labute approximate surface area is 128 Å². The highest BCUT2D eigenvalue weighted by Crippen LogP contribution is 2.21. The molecule has 2 aliphatic heterocycles. The summed E-state index contributed by atoms with van der Waals surface area (Å²) in [5.41, 5.74) is 1.32. The van der Waals surface area contributed by atoms with Crippen molar-refractivity contribution in [3.63, 3.8) is 0 Å². The summed E-state index contributed by atoms with van der Waals surface area (Å²) in [6.45, 7) is 5.89. The van der Waals surface area contributed by atoms with Gasteiger partial charge in [-0.25, -0.2) is 0 Å². The Morgan fingerprint density at radius 2 is 1.71 bits per heavy atom. The van der Waals surface area contributed by atoms with E-state index in [4.69, 9.17) is 0 Å². The summed E-state index contributed by atoms with van der Waals surface area (Å²) in [6.07, 6.45) is 8.87. The molecule has 1 N–H and O–H groups in total. The van der Waals surface area contributed by atoms with Crippen molar-refractivity contribution in [3.05, 3.63) is 24.5 Å². The number of hydrogen-bond acceptors (Lipinski definition) is 4. The molecule has 4 nitrogen and oxygen atoms in total. The second-order valence-electron chi connectivity index (χ2n) is 6.68. The highest BCUT2D eigenvalue weighted by molar-refractivity contribution is 5.44. The van der Waals surface area contributed by atoms with Gasteiger partial charge in [0.1, 0.15) is 0 Å². The molecule has 0 amide bonds. The zero-order valence-corrected chi connectivity index (χ0v) is 13.3. The van der Waals surface area contributed by atoms with E-state index < -0.39 is 0 Å². The highest BCUT2D eigenvalue weighted by Gasteiger charge is 2.26. The van der Waals surface area contributed by atoms with Crippen LogP contribution in [0.25, 0.3) is 0 Å². The molecule has 2 unspecified atom stereocenters. The maximum Gasteiger partial charge on any atom is 0.0397 e. The number of nitrogens with zero attached hydrogens (tertiary/aromatic N) is 3. The van der Waals surface area contributed by atoms with E-state index in [0.717, 1.165) is 13.1 Å². The van der Waals surface area contributed by atoms with Crippen molar-refractivity contribution in [3.8, 4) is 0 Å². The van der Waals surface area contributed by atoms with Crippen molar-refractivity contribution in [1.82, 2.24) is 15.2 Å². The second kappa shape index (κ2) is 6.75. The second-order valence-corrected chi connectivity index (χ2v) is 6.68. The normalized spacial score (nSPS) is 28.8. The van der Waals surface area contributed by atoms with E-state index in [1.54, 1.807) is 0 Å². The van der Waals surface area contributed by atoms with Gasteiger partial charge >= 0.3 is 0 Å². The van der Waals surface area contributed by atoms with E-state index in [0.29, 0.717) is 18.1 Å². The van der Waals surface area contributed by atoms with Crippen LogP contribution in [0.15, 0.2) is 24.5 Å². The van der Waals surface area contributed by atoms with Crippen molar-refractivity contribution in [2.45, 2.75) is 50.7 Å². The Bertz CT molecular complexity index is 428. The minimum absolute atomic E-state index is 0.698. The SMILES string of the molecule is CC1CC(NC2CCN(c3ccncc3)CC2)CCN1C. The highest BCUT2D eigenvalue weighted by atomic mass is 15.2. The van der Waals surface area contributed by atoms with Crippen LogP contribution in [0.5, 0.6) is 0 Å². The summed E-state index contributed by atoms with van der Waals surface area (Å²) in [5, 5.41) is 3.92. The van der Waals surface area contributed by atoms with Gasteiger partial charge in [-0.1, -0.05) is 0 Å². The third kappa shape index (κ3) is 3.74. The van der Waals surface area contributed by atoms with Crippen LogP contribution >= 0.6 is 0 Å². The Morgan fingerprint density at radius 3 is 2.38 bits per heavy atom. The van der Waals surface area contributed by atoms with Crippen LogP contribution in [0, 0.1) is 0 Å². The molecule has 0 aliphatic carbocycles. The van der Waals surface area contributed by atoms with Gasteiger partial charge in [0, 0.05) is 49.3 Å². The molecule has 3 rings (SSSR count). The van der Waals surface area contributed by atoms with Gasteiger partial charge in [0.2, 0.25) is 0 Å². The van der Waals surface area contributed by atoms with Crippen molar-refractivity contribution >= 4 is 5.69 Å². The molecule has 116 valence electrons. The standard InChI is InChI=1S/C17H28N4/c1-14-13-16(5-10-20(14)2)19-15-6-11-21(12-7-15)17-3-8-18-9-4-17/h3-4,8-9,14-16,19H,5-7,10-13H2,1-2H3. The van der Waals surface area contributed by atoms with Crippen LogP contribution in [0.1, 0.15) is 32.6 Å². The van der Waals surface area contributed by atoms with Crippen molar-refractivity contribution in [2.75, 3.05) is 31.6 Å². The van der Waals surface area contributed by atoms with Gasteiger partial charge in [-0.2, -0.15) is 0 Å². The van der Waals surface area contributed by atoms with Gasteiger partial charge in [-0.15, -0.1) is 0 Å². The summed E-state index contributed by atoms with van der Waals surface area (Å²) >= 11 is 0. The van der Waals surface area contributed by atoms with Crippen LogP contribution in [0.2, 0.25) is 0 Å². The van der Waals surface area contributed by atoms with E-state index in [2.05, 4.69) is 46.2 Å². The summed E-state index contributed by atoms with van der Waals surface area (Å²) < 4.78 is 0. The summed E-state index contributed by atoms with van der Waals surface area (Å²) in [5.74, 6) is 0. The molecule has 2 aliphatic rings. The Kier molecular flexibility index (Phi) is 4.76. The monoisotopic (exact) mass is 288 g/mol. The number of piperidine rings is 2. The molecule has 0 spiro atoms. The van der Waals surface area contributed by atoms with Crippen molar-refractivity contribution in [1.29, 1.82) is 0 Å². The molecule has 2 fully saturated rings. The van der Waals surface area contributed by atoms with E-state index in [9.17, 15) is 0 Å². The first-order chi connectivity index (χ1) is 10.2. The fraction of sp³-hybridized carbons (Fsp3) is 0.706. The molecular formula is C17H28N4. The fourth-order valence-corrected chi connectivity index (χ4v) is 3.63. The number of hydrogen-bond donors (Lipinski definition) is 1. The smallest absolute Gasteiger partial charge is 0.0397 e. The van der Waals surface area contributed by atoms with Crippen LogP contribution in [-0.4, -0.2) is 54.7 Å². The topological polar surface area (TPSA) is 31.4 Å². The van der Waals surface area contributed by atoms with E-state index in [-0.39, 0.29) is 0 Å².